The molecule has 2 heteroatoms. The molecule has 1 nitrogen and oxygen atoms in total. The van der Waals surface area contributed by atoms with Crippen molar-refractivity contribution in [2.45, 2.75) is 39.2 Å². The predicted molar refractivity (Wildman–Crippen MR) is 84.7 cm³/mol. The molecule has 0 spiro atoms. The highest BCUT2D eigenvalue weighted by Crippen LogP contribution is 2.39. The van der Waals surface area contributed by atoms with Crippen LogP contribution in [0, 0.1) is 18.7 Å². The third-order valence-corrected chi connectivity index (χ3v) is 4.33. The van der Waals surface area contributed by atoms with E-state index in [1.54, 1.807) is 6.07 Å². The zero-order chi connectivity index (χ0) is 15.4. The molecule has 3 atom stereocenters. The summed E-state index contributed by atoms with van der Waals surface area (Å²) in [5.41, 5.74) is 2.74. The molecule has 2 aromatic rings. The van der Waals surface area contributed by atoms with Gasteiger partial charge in [-0.1, -0.05) is 56.7 Å². The highest BCUT2D eigenvalue weighted by Gasteiger charge is 2.28. The summed E-state index contributed by atoms with van der Waals surface area (Å²) < 4.78 is 13.3. The van der Waals surface area contributed by atoms with Crippen LogP contribution in [-0.2, 0) is 0 Å². The molecule has 0 radical (unpaired) electrons. The monoisotopic (exact) mass is 286 g/mol. The van der Waals surface area contributed by atoms with Crippen molar-refractivity contribution in [3.05, 3.63) is 71.0 Å². The van der Waals surface area contributed by atoms with E-state index in [0.717, 1.165) is 23.1 Å². The van der Waals surface area contributed by atoms with Crippen LogP contribution in [0.4, 0.5) is 4.39 Å². The van der Waals surface area contributed by atoms with Crippen LogP contribution in [0.2, 0.25) is 0 Å². The van der Waals surface area contributed by atoms with Gasteiger partial charge < -0.3 is 5.11 Å². The summed E-state index contributed by atoms with van der Waals surface area (Å²) in [6.07, 6.45) is 0.361. The van der Waals surface area contributed by atoms with Crippen LogP contribution < -0.4 is 0 Å². The Labute approximate surface area is 126 Å². The molecule has 0 saturated heterocycles. The smallest absolute Gasteiger partial charge is 0.123 e. The average molecular weight is 286 g/mol. The van der Waals surface area contributed by atoms with Crippen molar-refractivity contribution in [3.8, 4) is 0 Å². The molecule has 0 heterocycles. The van der Waals surface area contributed by atoms with Crippen LogP contribution in [-0.4, -0.2) is 5.11 Å². The number of benzene rings is 2. The lowest BCUT2D eigenvalue weighted by molar-refractivity contribution is 0.117. The second-order valence-corrected chi connectivity index (χ2v) is 5.77. The molecular weight excluding hydrogens is 263 g/mol. The second-order valence-electron chi connectivity index (χ2n) is 5.77. The minimum atomic E-state index is -0.622. The molecule has 0 aromatic heterocycles. The lowest BCUT2D eigenvalue weighted by Crippen LogP contribution is -2.19. The Kier molecular flexibility index (Phi) is 5.13. The van der Waals surface area contributed by atoms with Crippen molar-refractivity contribution in [2.24, 2.45) is 5.92 Å². The fourth-order valence-corrected chi connectivity index (χ4v) is 2.92. The largest absolute Gasteiger partial charge is 0.388 e. The molecule has 2 rings (SSSR count). The molecule has 0 fully saturated rings. The topological polar surface area (TPSA) is 20.2 Å². The zero-order valence-electron chi connectivity index (χ0n) is 12.9. The van der Waals surface area contributed by atoms with Crippen molar-refractivity contribution in [2.75, 3.05) is 0 Å². The van der Waals surface area contributed by atoms with Gasteiger partial charge in [-0.25, -0.2) is 4.39 Å². The van der Waals surface area contributed by atoms with Gasteiger partial charge in [-0.05, 0) is 41.7 Å². The van der Waals surface area contributed by atoms with Gasteiger partial charge in [-0.3, -0.25) is 0 Å². The van der Waals surface area contributed by atoms with Gasteiger partial charge in [-0.15, -0.1) is 0 Å². The number of aliphatic hydroxyl groups is 1. The third kappa shape index (κ3) is 3.51. The molecular formula is C19H23FO. The van der Waals surface area contributed by atoms with Crippen molar-refractivity contribution < 1.29 is 9.50 Å². The summed E-state index contributed by atoms with van der Waals surface area (Å²) >= 11 is 0. The Bertz CT molecular complexity index is 579. The predicted octanol–water partition coefficient (Wildman–Crippen LogP) is 5.00. The second kappa shape index (κ2) is 6.86. The standard InChI is InChI=1S/C19H23FO/c1-4-13(2)18(15-8-6-5-7-9-15)19(21)17-11-10-16(20)12-14(17)3/h5-13,18-19,21H,4H2,1-3H3. The van der Waals surface area contributed by atoms with E-state index in [-0.39, 0.29) is 11.7 Å². The molecule has 0 saturated carbocycles. The summed E-state index contributed by atoms with van der Waals surface area (Å²) in [6.45, 7) is 6.13. The number of hydrogen-bond acceptors (Lipinski definition) is 1. The number of aryl methyl sites for hydroxylation is 1. The normalized spacial score (nSPS) is 15.5. The van der Waals surface area contributed by atoms with Crippen LogP contribution in [0.1, 0.15) is 49.0 Å². The molecule has 0 aliphatic rings. The Morgan fingerprint density at radius 3 is 2.33 bits per heavy atom. The van der Waals surface area contributed by atoms with E-state index in [1.807, 2.05) is 25.1 Å². The molecule has 0 aliphatic heterocycles. The molecule has 0 amide bonds. The van der Waals surface area contributed by atoms with Crippen molar-refractivity contribution in [1.29, 1.82) is 0 Å². The summed E-state index contributed by atoms with van der Waals surface area (Å²) in [7, 11) is 0. The van der Waals surface area contributed by atoms with Gasteiger partial charge in [0.25, 0.3) is 0 Å². The fraction of sp³-hybridized carbons (Fsp3) is 0.368. The highest BCUT2D eigenvalue weighted by molar-refractivity contribution is 5.33. The van der Waals surface area contributed by atoms with Gasteiger partial charge in [-0.2, -0.15) is 0 Å². The molecule has 0 bridgehead atoms. The van der Waals surface area contributed by atoms with Crippen molar-refractivity contribution in [3.63, 3.8) is 0 Å². The minimum Gasteiger partial charge on any atom is -0.388 e. The van der Waals surface area contributed by atoms with Gasteiger partial charge in [0.05, 0.1) is 6.10 Å². The first kappa shape index (κ1) is 15.7. The molecule has 1 N–H and O–H groups in total. The first-order chi connectivity index (χ1) is 10.0. The van der Waals surface area contributed by atoms with Gasteiger partial charge in [0.2, 0.25) is 0 Å². The van der Waals surface area contributed by atoms with E-state index in [0.29, 0.717) is 5.92 Å². The number of aliphatic hydroxyl groups excluding tert-OH is 1. The highest BCUT2D eigenvalue weighted by atomic mass is 19.1. The van der Waals surface area contributed by atoms with E-state index in [1.165, 1.54) is 12.1 Å². The lowest BCUT2D eigenvalue weighted by atomic mass is 9.78. The van der Waals surface area contributed by atoms with Gasteiger partial charge in [0, 0.05) is 5.92 Å². The molecule has 2 aromatic carbocycles. The van der Waals surface area contributed by atoms with E-state index in [2.05, 4.69) is 26.0 Å². The van der Waals surface area contributed by atoms with E-state index < -0.39 is 6.10 Å². The maximum atomic E-state index is 13.3. The SMILES string of the molecule is CCC(C)C(c1ccccc1)C(O)c1ccc(F)cc1C. The van der Waals surface area contributed by atoms with E-state index >= 15 is 0 Å². The summed E-state index contributed by atoms with van der Waals surface area (Å²) in [4.78, 5) is 0. The van der Waals surface area contributed by atoms with Crippen molar-refractivity contribution in [1.82, 2.24) is 0 Å². The summed E-state index contributed by atoms with van der Waals surface area (Å²) in [5, 5.41) is 10.9. The number of halogens is 1. The van der Waals surface area contributed by atoms with Gasteiger partial charge in [0.15, 0.2) is 0 Å². The maximum absolute atomic E-state index is 13.3. The summed E-state index contributed by atoms with van der Waals surface area (Å²) in [5.74, 6) is 0.0930. The third-order valence-electron chi connectivity index (χ3n) is 4.33. The molecule has 21 heavy (non-hydrogen) atoms. The Morgan fingerprint density at radius 2 is 1.76 bits per heavy atom. The van der Waals surface area contributed by atoms with Crippen molar-refractivity contribution >= 4 is 0 Å². The summed E-state index contributed by atoms with van der Waals surface area (Å²) in [6, 6.07) is 14.7. The maximum Gasteiger partial charge on any atom is 0.123 e. The van der Waals surface area contributed by atoms with Crippen LogP contribution >= 0.6 is 0 Å². The van der Waals surface area contributed by atoms with Crippen LogP contribution in [0.15, 0.2) is 48.5 Å². The lowest BCUT2D eigenvalue weighted by Gasteiger charge is -2.29. The molecule has 3 unspecified atom stereocenters. The molecule has 112 valence electrons. The van der Waals surface area contributed by atoms with E-state index in [9.17, 15) is 9.50 Å². The average Bonchev–Trinajstić information content (AvgIpc) is 2.48. The molecule has 0 aliphatic carbocycles. The van der Waals surface area contributed by atoms with Crippen LogP contribution in [0.3, 0.4) is 0 Å². The first-order valence-electron chi connectivity index (χ1n) is 7.53. The first-order valence-corrected chi connectivity index (χ1v) is 7.53. The van der Waals surface area contributed by atoms with Gasteiger partial charge in [0.1, 0.15) is 5.82 Å². The van der Waals surface area contributed by atoms with E-state index in [4.69, 9.17) is 0 Å². The van der Waals surface area contributed by atoms with Gasteiger partial charge >= 0.3 is 0 Å². The fourth-order valence-electron chi connectivity index (χ4n) is 2.92. The van der Waals surface area contributed by atoms with Crippen LogP contribution in [0.25, 0.3) is 0 Å². The minimum absolute atomic E-state index is 0.0142. The Hall–Kier alpha value is -1.67. The van der Waals surface area contributed by atoms with Crippen LogP contribution in [0.5, 0.6) is 0 Å². The zero-order valence-corrected chi connectivity index (χ0v) is 12.9. The number of hydrogen-bond donors (Lipinski definition) is 1. The Balaban J connectivity index is 2.41. The Morgan fingerprint density at radius 1 is 1.10 bits per heavy atom. The quantitative estimate of drug-likeness (QED) is 0.820. The number of rotatable bonds is 5.